The van der Waals surface area contributed by atoms with Crippen molar-refractivity contribution in [3.63, 3.8) is 0 Å². The second kappa shape index (κ2) is 6.03. The summed E-state index contributed by atoms with van der Waals surface area (Å²) in [5.74, 6) is -0.342. The maximum atomic E-state index is 13.3. The van der Waals surface area contributed by atoms with Crippen LogP contribution in [0.5, 0.6) is 0 Å². The first-order valence-electron chi connectivity index (χ1n) is 6.88. The highest BCUT2D eigenvalue weighted by atomic mass is 19.2. The number of aromatic nitrogens is 2. The van der Waals surface area contributed by atoms with E-state index in [2.05, 4.69) is 18.8 Å². The van der Waals surface area contributed by atoms with Crippen molar-refractivity contribution >= 4 is 5.82 Å². The van der Waals surface area contributed by atoms with Gasteiger partial charge in [-0.05, 0) is 31.0 Å². The summed E-state index contributed by atoms with van der Waals surface area (Å²) in [4.78, 5) is 4.51. The van der Waals surface area contributed by atoms with Crippen molar-refractivity contribution in [2.24, 2.45) is 0 Å². The van der Waals surface area contributed by atoms with E-state index < -0.39 is 11.6 Å². The predicted octanol–water partition coefficient (Wildman–Crippen LogP) is 3.77. The number of hydrogen-bond donors (Lipinski definition) is 1. The molecule has 0 bridgehead atoms. The van der Waals surface area contributed by atoms with Crippen molar-refractivity contribution in [2.45, 2.75) is 39.7 Å². The largest absolute Gasteiger partial charge is 0.383 e. The molecule has 2 aromatic rings. The number of halogens is 2. The van der Waals surface area contributed by atoms with Crippen LogP contribution in [-0.2, 0) is 13.0 Å². The fourth-order valence-corrected chi connectivity index (χ4v) is 2.26. The Kier molecular flexibility index (Phi) is 4.37. The molecule has 0 fully saturated rings. The molecule has 0 aliphatic rings. The summed E-state index contributed by atoms with van der Waals surface area (Å²) in [7, 11) is 0. The van der Waals surface area contributed by atoms with E-state index in [4.69, 9.17) is 5.73 Å². The van der Waals surface area contributed by atoms with Crippen molar-refractivity contribution in [3.8, 4) is 11.3 Å². The summed E-state index contributed by atoms with van der Waals surface area (Å²) in [5, 5.41) is 0. The van der Waals surface area contributed by atoms with Gasteiger partial charge in [-0.25, -0.2) is 13.8 Å². The van der Waals surface area contributed by atoms with Crippen LogP contribution in [0.1, 0.15) is 32.5 Å². The first-order chi connectivity index (χ1) is 9.58. The van der Waals surface area contributed by atoms with Gasteiger partial charge >= 0.3 is 0 Å². The quantitative estimate of drug-likeness (QED) is 0.905. The van der Waals surface area contributed by atoms with Gasteiger partial charge in [0.05, 0.1) is 0 Å². The van der Waals surface area contributed by atoms with Gasteiger partial charge in [-0.1, -0.05) is 13.8 Å². The van der Waals surface area contributed by atoms with E-state index in [-0.39, 0.29) is 0 Å². The highest BCUT2D eigenvalue weighted by molar-refractivity contribution is 5.71. The maximum Gasteiger partial charge on any atom is 0.159 e. The van der Waals surface area contributed by atoms with Crippen LogP contribution in [0.4, 0.5) is 14.6 Å². The van der Waals surface area contributed by atoms with Crippen molar-refractivity contribution in [1.29, 1.82) is 0 Å². The van der Waals surface area contributed by atoms with Crippen molar-refractivity contribution in [1.82, 2.24) is 9.55 Å². The van der Waals surface area contributed by atoms with Crippen LogP contribution in [0.15, 0.2) is 18.2 Å². The zero-order valence-electron chi connectivity index (χ0n) is 11.8. The van der Waals surface area contributed by atoms with Gasteiger partial charge in [0.1, 0.15) is 17.3 Å². The predicted molar refractivity (Wildman–Crippen MR) is 76.3 cm³/mol. The van der Waals surface area contributed by atoms with E-state index in [0.29, 0.717) is 17.1 Å². The van der Waals surface area contributed by atoms with Crippen LogP contribution >= 0.6 is 0 Å². The number of nitrogens with zero attached hydrogens (tertiary/aromatic N) is 2. The SMILES string of the molecule is CCCc1nc(-c2ccc(F)c(F)c2)c(N)n1CCC. The molecule has 108 valence electrons. The first-order valence-corrected chi connectivity index (χ1v) is 6.88. The number of hydrogen-bond acceptors (Lipinski definition) is 2. The van der Waals surface area contributed by atoms with E-state index in [1.54, 1.807) is 0 Å². The van der Waals surface area contributed by atoms with Gasteiger partial charge in [0.15, 0.2) is 11.6 Å². The van der Waals surface area contributed by atoms with Gasteiger partial charge in [-0.2, -0.15) is 0 Å². The molecule has 0 radical (unpaired) electrons. The summed E-state index contributed by atoms with van der Waals surface area (Å²) in [6.07, 6.45) is 2.71. The van der Waals surface area contributed by atoms with Gasteiger partial charge in [-0.3, -0.25) is 0 Å². The van der Waals surface area contributed by atoms with Gasteiger partial charge in [0, 0.05) is 18.5 Å². The minimum atomic E-state index is -0.885. The Morgan fingerprint density at radius 1 is 1.15 bits per heavy atom. The molecule has 0 saturated heterocycles. The fourth-order valence-electron chi connectivity index (χ4n) is 2.26. The Balaban J connectivity index is 2.50. The number of aryl methyl sites for hydroxylation is 1. The van der Waals surface area contributed by atoms with Gasteiger partial charge in [0.2, 0.25) is 0 Å². The van der Waals surface area contributed by atoms with Gasteiger partial charge in [-0.15, -0.1) is 0 Å². The molecule has 1 heterocycles. The minimum absolute atomic E-state index is 0.508. The molecule has 2 N–H and O–H groups in total. The second-order valence-electron chi connectivity index (χ2n) is 4.79. The van der Waals surface area contributed by atoms with Crippen LogP contribution in [-0.4, -0.2) is 9.55 Å². The summed E-state index contributed by atoms with van der Waals surface area (Å²) >= 11 is 0. The lowest BCUT2D eigenvalue weighted by Crippen LogP contribution is -2.06. The zero-order valence-corrected chi connectivity index (χ0v) is 11.8. The number of nitrogen functional groups attached to an aromatic ring is 1. The highest BCUT2D eigenvalue weighted by Gasteiger charge is 2.16. The number of rotatable bonds is 5. The Labute approximate surface area is 117 Å². The third-order valence-corrected chi connectivity index (χ3v) is 3.20. The topological polar surface area (TPSA) is 43.8 Å². The van der Waals surface area contributed by atoms with Gasteiger partial charge in [0.25, 0.3) is 0 Å². The normalized spacial score (nSPS) is 11.0. The average Bonchev–Trinajstić information content (AvgIpc) is 2.72. The van der Waals surface area contributed by atoms with Crippen LogP contribution in [0.25, 0.3) is 11.3 Å². The number of imidazole rings is 1. The van der Waals surface area contributed by atoms with Crippen LogP contribution in [0, 0.1) is 11.6 Å². The highest BCUT2D eigenvalue weighted by Crippen LogP contribution is 2.28. The first kappa shape index (κ1) is 14.5. The maximum absolute atomic E-state index is 13.3. The molecule has 1 aromatic carbocycles. The Morgan fingerprint density at radius 2 is 1.90 bits per heavy atom. The van der Waals surface area contributed by atoms with Crippen LogP contribution in [0.2, 0.25) is 0 Å². The molecular weight excluding hydrogens is 260 g/mol. The second-order valence-corrected chi connectivity index (χ2v) is 4.79. The van der Waals surface area contributed by atoms with Crippen LogP contribution < -0.4 is 5.73 Å². The molecule has 0 aliphatic carbocycles. The summed E-state index contributed by atoms with van der Waals surface area (Å²) in [6, 6.07) is 3.74. The van der Waals surface area contributed by atoms with Crippen LogP contribution in [0.3, 0.4) is 0 Å². The molecule has 0 saturated carbocycles. The van der Waals surface area contributed by atoms with E-state index in [9.17, 15) is 8.78 Å². The lowest BCUT2D eigenvalue weighted by molar-refractivity contribution is 0.509. The third-order valence-electron chi connectivity index (χ3n) is 3.20. The summed E-state index contributed by atoms with van der Waals surface area (Å²) in [6.45, 7) is 4.91. The molecule has 0 aliphatic heterocycles. The van der Waals surface area contributed by atoms with E-state index in [0.717, 1.165) is 43.8 Å². The molecule has 0 amide bonds. The smallest absolute Gasteiger partial charge is 0.159 e. The fraction of sp³-hybridized carbons (Fsp3) is 0.400. The number of nitrogens with two attached hydrogens (primary N) is 1. The monoisotopic (exact) mass is 279 g/mol. The molecule has 0 unspecified atom stereocenters. The summed E-state index contributed by atoms with van der Waals surface area (Å²) < 4.78 is 28.3. The zero-order chi connectivity index (χ0) is 14.7. The molecule has 3 nitrogen and oxygen atoms in total. The standard InChI is InChI=1S/C15H19F2N3/c1-3-5-13-19-14(15(18)20(13)8-4-2)10-6-7-11(16)12(17)9-10/h6-7,9H,3-5,8,18H2,1-2H3. The molecule has 2 rings (SSSR count). The Bertz CT molecular complexity index is 605. The molecule has 5 heteroatoms. The van der Waals surface area contributed by atoms with Crippen molar-refractivity contribution in [2.75, 3.05) is 5.73 Å². The van der Waals surface area contributed by atoms with E-state index >= 15 is 0 Å². The average molecular weight is 279 g/mol. The molecule has 0 spiro atoms. The van der Waals surface area contributed by atoms with E-state index in [1.807, 2.05) is 4.57 Å². The minimum Gasteiger partial charge on any atom is -0.383 e. The molecule has 20 heavy (non-hydrogen) atoms. The van der Waals surface area contributed by atoms with Crippen molar-refractivity contribution < 1.29 is 8.78 Å². The lowest BCUT2D eigenvalue weighted by atomic mass is 10.1. The number of benzene rings is 1. The molecular formula is C15H19F2N3. The Morgan fingerprint density at radius 3 is 2.50 bits per heavy atom. The summed E-state index contributed by atoms with van der Waals surface area (Å²) in [5.41, 5.74) is 7.16. The molecule has 1 aromatic heterocycles. The Hall–Kier alpha value is -1.91. The third kappa shape index (κ3) is 2.66. The van der Waals surface area contributed by atoms with Crippen molar-refractivity contribution in [3.05, 3.63) is 35.7 Å². The lowest BCUT2D eigenvalue weighted by Gasteiger charge is -2.07. The van der Waals surface area contributed by atoms with E-state index in [1.165, 1.54) is 6.07 Å². The number of anilines is 1. The van der Waals surface area contributed by atoms with Gasteiger partial charge < -0.3 is 10.3 Å². The molecule has 0 atom stereocenters.